The van der Waals surface area contributed by atoms with E-state index in [9.17, 15) is 0 Å². The Morgan fingerprint density at radius 2 is 1.80 bits per heavy atom. The Kier molecular flexibility index (Phi) is 4.66. The van der Waals surface area contributed by atoms with E-state index in [1.165, 1.54) is 16.7 Å². The van der Waals surface area contributed by atoms with Gasteiger partial charge < -0.3 is 0 Å². The van der Waals surface area contributed by atoms with Gasteiger partial charge >= 0.3 is 0 Å². The molecule has 0 saturated carbocycles. The van der Waals surface area contributed by atoms with Gasteiger partial charge in [0.1, 0.15) is 0 Å². The molecular formula is C14H21Cl. The first kappa shape index (κ1) is 12.6. The third kappa shape index (κ3) is 3.87. The smallest absolute Gasteiger partial charge is 0.0362 e. The minimum atomic E-state index is 0.298. The average Bonchev–Trinajstić information content (AvgIpc) is 2.19. The summed E-state index contributed by atoms with van der Waals surface area (Å²) in [6.07, 6.45) is 2.16. The molecular weight excluding hydrogens is 204 g/mol. The molecule has 15 heavy (non-hydrogen) atoms. The Balaban J connectivity index is 2.55. The van der Waals surface area contributed by atoms with Crippen molar-refractivity contribution < 1.29 is 0 Å². The molecule has 0 amide bonds. The molecule has 0 bridgehead atoms. The van der Waals surface area contributed by atoms with Gasteiger partial charge in [0.05, 0.1) is 0 Å². The van der Waals surface area contributed by atoms with Gasteiger partial charge in [-0.15, -0.1) is 11.6 Å². The number of aryl methyl sites for hydroxylation is 3. The maximum atomic E-state index is 6.24. The zero-order valence-corrected chi connectivity index (χ0v) is 10.9. The summed E-state index contributed by atoms with van der Waals surface area (Å²) in [5.41, 5.74) is 4.15. The van der Waals surface area contributed by atoms with Crippen molar-refractivity contribution in [1.82, 2.24) is 0 Å². The number of benzene rings is 1. The Labute approximate surface area is 98.7 Å². The number of hydrogen-bond acceptors (Lipinski definition) is 0. The van der Waals surface area contributed by atoms with Crippen LogP contribution in [0.3, 0.4) is 0 Å². The predicted octanol–water partition coefficient (Wildman–Crippen LogP) is 4.50. The Morgan fingerprint density at radius 3 is 2.33 bits per heavy atom. The molecule has 0 heterocycles. The van der Waals surface area contributed by atoms with E-state index in [1.54, 1.807) is 0 Å². The monoisotopic (exact) mass is 224 g/mol. The van der Waals surface area contributed by atoms with E-state index in [2.05, 4.69) is 45.9 Å². The van der Waals surface area contributed by atoms with E-state index < -0.39 is 0 Å². The lowest BCUT2D eigenvalue weighted by Gasteiger charge is -2.13. The minimum Gasteiger partial charge on any atom is -0.123 e. The number of alkyl halides is 1. The molecule has 84 valence electrons. The van der Waals surface area contributed by atoms with E-state index in [4.69, 9.17) is 11.6 Å². The molecule has 0 saturated heterocycles. The molecule has 1 aromatic carbocycles. The van der Waals surface area contributed by atoms with E-state index in [-0.39, 0.29) is 0 Å². The molecule has 0 aliphatic rings. The van der Waals surface area contributed by atoms with Crippen molar-refractivity contribution in [3.63, 3.8) is 0 Å². The van der Waals surface area contributed by atoms with Crippen LogP contribution in [0.4, 0.5) is 0 Å². The van der Waals surface area contributed by atoms with E-state index in [1.807, 2.05) is 0 Å². The van der Waals surface area contributed by atoms with Gasteiger partial charge in [-0.2, -0.15) is 0 Å². The summed E-state index contributed by atoms with van der Waals surface area (Å²) in [4.78, 5) is 0. The third-order valence-corrected chi connectivity index (χ3v) is 3.73. The molecule has 0 aliphatic heterocycles. The van der Waals surface area contributed by atoms with Gasteiger partial charge in [0, 0.05) is 5.38 Å². The van der Waals surface area contributed by atoms with Crippen molar-refractivity contribution in [3.8, 4) is 0 Å². The zero-order valence-electron chi connectivity index (χ0n) is 10.2. The SMILES string of the molecule is Cc1ccc(CCC(Cl)C(C)C)cc1C. The van der Waals surface area contributed by atoms with E-state index in [0.717, 1.165) is 12.8 Å². The molecule has 0 N–H and O–H groups in total. The number of rotatable bonds is 4. The summed E-state index contributed by atoms with van der Waals surface area (Å²) in [6.45, 7) is 8.67. The lowest BCUT2D eigenvalue weighted by Crippen LogP contribution is -2.08. The normalized spacial score (nSPS) is 13.2. The Morgan fingerprint density at radius 1 is 1.13 bits per heavy atom. The van der Waals surface area contributed by atoms with Crippen LogP contribution in [-0.4, -0.2) is 5.38 Å². The maximum absolute atomic E-state index is 6.24. The summed E-state index contributed by atoms with van der Waals surface area (Å²) in [6, 6.07) is 6.69. The minimum absolute atomic E-state index is 0.298. The molecule has 1 unspecified atom stereocenters. The highest BCUT2D eigenvalue weighted by molar-refractivity contribution is 6.20. The maximum Gasteiger partial charge on any atom is 0.0362 e. The van der Waals surface area contributed by atoms with Crippen molar-refractivity contribution in [3.05, 3.63) is 34.9 Å². The van der Waals surface area contributed by atoms with Crippen LogP contribution in [0.2, 0.25) is 0 Å². The van der Waals surface area contributed by atoms with Crippen molar-refractivity contribution >= 4 is 11.6 Å². The lowest BCUT2D eigenvalue weighted by atomic mass is 9.99. The molecule has 0 fully saturated rings. The van der Waals surface area contributed by atoms with Gasteiger partial charge in [-0.05, 0) is 49.3 Å². The third-order valence-electron chi connectivity index (χ3n) is 3.00. The fourth-order valence-electron chi connectivity index (χ4n) is 1.60. The summed E-state index contributed by atoms with van der Waals surface area (Å²) in [5.74, 6) is 0.568. The summed E-state index contributed by atoms with van der Waals surface area (Å²) in [7, 11) is 0. The fourth-order valence-corrected chi connectivity index (χ4v) is 1.71. The topological polar surface area (TPSA) is 0 Å². The molecule has 1 heteroatoms. The Bertz CT molecular complexity index is 315. The number of halogens is 1. The first-order chi connectivity index (χ1) is 7.00. The molecule has 1 atom stereocenters. The summed E-state index contributed by atoms with van der Waals surface area (Å²) in [5, 5.41) is 0.298. The second-order valence-corrected chi connectivity index (χ2v) is 5.28. The van der Waals surface area contributed by atoms with Crippen LogP contribution in [0, 0.1) is 19.8 Å². The average molecular weight is 225 g/mol. The van der Waals surface area contributed by atoms with Gasteiger partial charge in [-0.3, -0.25) is 0 Å². The molecule has 1 rings (SSSR count). The highest BCUT2D eigenvalue weighted by Gasteiger charge is 2.09. The van der Waals surface area contributed by atoms with Crippen LogP contribution in [0.15, 0.2) is 18.2 Å². The first-order valence-corrected chi connectivity index (χ1v) is 6.14. The Hall–Kier alpha value is -0.490. The van der Waals surface area contributed by atoms with Crippen molar-refractivity contribution in [1.29, 1.82) is 0 Å². The van der Waals surface area contributed by atoms with Crippen LogP contribution in [0.25, 0.3) is 0 Å². The van der Waals surface area contributed by atoms with E-state index in [0.29, 0.717) is 11.3 Å². The van der Waals surface area contributed by atoms with Crippen LogP contribution in [0.1, 0.15) is 37.0 Å². The standard InChI is InChI=1S/C14H21Cl/c1-10(2)14(15)8-7-13-6-5-11(3)12(4)9-13/h5-6,9-10,14H,7-8H2,1-4H3. The second-order valence-electron chi connectivity index (χ2n) is 4.72. The van der Waals surface area contributed by atoms with Crippen molar-refractivity contribution in [2.75, 3.05) is 0 Å². The number of hydrogen-bond donors (Lipinski definition) is 0. The van der Waals surface area contributed by atoms with Gasteiger partial charge in [-0.1, -0.05) is 32.0 Å². The second kappa shape index (κ2) is 5.55. The summed E-state index contributed by atoms with van der Waals surface area (Å²) < 4.78 is 0. The molecule has 0 nitrogen and oxygen atoms in total. The summed E-state index contributed by atoms with van der Waals surface area (Å²) >= 11 is 6.24. The highest BCUT2D eigenvalue weighted by atomic mass is 35.5. The largest absolute Gasteiger partial charge is 0.123 e. The molecule has 0 spiro atoms. The molecule has 0 aliphatic carbocycles. The lowest BCUT2D eigenvalue weighted by molar-refractivity contribution is 0.565. The first-order valence-electron chi connectivity index (χ1n) is 5.71. The van der Waals surface area contributed by atoms with Crippen molar-refractivity contribution in [2.24, 2.45) is 5.92 Å². The van der Waals surface area contributed by atoms with E-state index >= 15 is 0 Å². The molecule has 0 radical (unpaired) electrons. The fraction of sp³-hybridized carbons (Fsp3) is 0.571. The van der Waals surface area contributed by atoms with Crippen LogP contribution < -0.4 is 0 Å². The highest BCUT2D eigenvalue weighted by Crippen LogP contribution is 2.18. The van der Waals surface area contributed by atoms with Crippen molar-refractivity contribution in [2.45, 2.75) is 45.9 Å². The van der Waals surface area contributed by atoms with Crippen LogP contribution >= 0.6 is 11.6 Å². The predicted molar refractivity (Wildman–Crippen MR) is 68.7 cm³/mol. The molecule has 0 aromatic heterocycles. The van der Waals surface area contributed by atoms with Gasteiger partial charge in [0.15, 0.2) is 0 Å². The van der Waals surface area contributed by atoms with Gasteiger partial charge in [0.2, 0.25) is 0 Å². The zero-order chi connectivity index (χ0) is 11.4. The van der Waals surface area contributed by atoms with Crippen LogP contribution in [0.5, 0.6) is 0 Å². The quantitative estimate of drug-likeness (QED) is 0.661. The van der Waals surface area contributed by atoms with Gasteiger partial charge in [-0.25, -0.2) is 0 Å². The molecule has 1 aromatic rings. The van der Waals surface area contributed by atoms with Crippen LogP contribution in [-0.2, 0) is 6.42 Å². The van der Waals surface area contributed by atoms with Gasteiger partial charge in [0.25, 0.3) is 0 Å².